The van der Waals surface area contributed by atoms with Crippen molar-refractivity contribution < 1.29 is 4.39 Å². The molecule has 1 unspecified atom stereocenters. The van der Waals surface area contributed by atoms with E-state index in [2.05, 4.69) is 32.0 Å². The normalized spacial score (nSPS) is 12.3. The Morgan fingerprint density at radius 1 is 1.00 bits per heavy atom. The van der Waals surface area contributed by atoms with Crippen LogP contribution in [0.4, 0.5) is 4.39 Å². The molecular formula is C22H25FN2. The predicted molar refractivity (Wildman–Crippen MR) is 101 cm³/mol. The summed E-state index contributed by atoms with van der Waals surface area (Å²) in [5, 5.41) is 4.86. The number of hydrogen-bond acceptors (Lipinski definition) is 1. The number of nitrogens with zero attached hydrogens (tertiary/aromatic N) is 2. The summed E-state index contributed by atoms with van der Waals surface area (Å²) in [5.74, 6) is -0.0632. The summed E-state index contributed by atoms with van der Waals surface area (Å²) >= 11 is 0. The molecule has 0 bridgehead atoms. The van der Waals surface area contributed by atoms with Gasteiger partial charge in [-0.1, -0.05) is 50.6 Å². The summed E-state index contributed by atoms with van der Waals surface area (Å²) in [4.78, 5) is 0. The average molecular weight is 336 g/mol. The van der Waals surface area contributed by atoms with Gasteiger partial charge in [0, 0.05) is 5.92 Å². The number of rotatable bonds is 7. The van der Waals surface area contributed by atoms with Crippen LogP contribution in [-0.4, -0.2) is 9.78 Å². The first-order valence-electron chi connectivity index (χ1n) is 9.12. The first-order chi connectivity index (χ1) is 12.2. The van der Waals surface area contributed by atoms with E-state index in [9.17, 15) is 4.39 Å². The van der Waals surface area contributed by atoms with E-state index in [-0.39, 0.29) is 11.7 Å². The highest BCUT2D eigenvalue weighted by Gasteiger charge is 2.20. The Bertz CT molecular complexity index is 808. The molecule has 25 heavy (non-hydrogen) atoms. The molecule has 3 heteroatoms. The minimum absolute atomic E-state index is 0.124. The van der Waals surface area contributed by atoms with Crippen molar-refractivity contribution in [1.29, 1.82) is 0 Å². The van der Waals surface area contributed by atoms with Gasteiger partial charge in [0.1, 0.15) is 5.82 Å². The predicted octanol–water partition coefficient (Wildman–Crippen LogP) is 5.90. The van der Waals surface area contributed by atoms with Crippen molar-refractivity contribution in [2.75, 3.05) is 0 Å². The van der Waals surface area contributed by atoms with Gasteiger partial charge in [-0.15, -0.1) is 0 Å². The zero-order valence-electron chi connectivity index (χ0n) is 15.0. The fraction of sp³-hybridized carbons (Fsp3) is 0.318. The van der Waals surface area contributed by atoms with Gasteiger partial charge in [0.15, 0.2) is 0 Å². The Balaban J connectivity index is 2.07. The Hall–Kier alpha value is -2.42. The Morgan fingerprint density at radius 3 is 2.48 bits per heavy atom. The highest BCUT2D eigenvalue weighted by atomic mass is 19.1. The molecule has 3 rings (SSSR count). The van der Waals surface area contributed by atoms with Crippen LogP contribution >= 0.6 is 0 Å². The van der Waals surface area contributed by atoms with Gasteiger partial charge in [-0.3, -0.25) is 0 Å². The van der Waals surface area contributed by atoms with Gasteiger partial charge in [0.2, 0.25) is 0 Å². The van der Waals surface area contributed by atoms with Gasteiger partial charge in [0.25, 0.3) is 0 Å². The fourth-order valence-corrected chi connectivity index (χ4v) is 3.29. The summed E-state index contributed by atoms with van der Waals surface area (Å²) in [6.45, 7) is 4.33. The molecule has 2 nitrogen and oxygen atoms in total. The third kappa shape index (κ3) is 3.98. The second kappa shape index (κ2) is 8.11. The number of unbranched alkanes of at least 4 members (excludes halogenated alkanes) is 1. The van der Waals surface area contributed by atoms with E-state index in [0.717, 1.165) is 48.3 Å². The van der Waals surface area contributed by atoms with Crippen molar-refractivity contribution in [3.63, 3.8) is 0 Å². The summed E-state index contributed by atoms with van der Waals surface area (Å²) < 4.78 is 15.8. The SMILES string of the molecule is CCCCc1cc(C(CC)c2cccc(F)c2)n(-c2ccccc2)n1. The fourth-order valence-electron chi connectivity index (χ4n) is 3.29. The number of para-hydroxylation sites is 1. The number of benzene rings is 2. The average Bonchev–Trinajstić information content (AvgIpc) is 3.05. The molecule has 2 aromatic carbocycles. The Morgan fingerprint density at radius 2 is 1.80 bits per heavy atom. The first-order valence-corrected chi connectivity index (χ1v) is 9.12. The van der Waals surface area contributed by atoms with Gasteiger partial charge < -0.3 is 0 Å². The molecule has 130 valence electrons. The molecule has 0 fully saturated rings. The van der Waals surface area contributed by atoms with Crippen LogP contribution in [0.15, 0.2) is 60.7 Å². The van der Waals surface area contributed by atoms with Crippen LogP contribution in [0.1, 0.15) is 56.0 Å². The molecule has 0 saturated carbocycles. The summed E-state index contributed by atoms with van der Waals surface area (Å²) in [5.41, 5.74) is 4.29. The molecule has 1 atom stereocenters. The van der Waals surface area contributed by atoms with E-state index in [0.29, 0.717) is 0 Å². The summed E-state index contributed by atoms with van der Waals surface area (Å²) in [6.07, 6.45) is 4.15. The van der Waals surface area contributed by atoms with Gasteiger partial charge in [0.05, 0.1) is 17.1 Å². The van der Waals surface area contributed by atoms with Gasteiger partial charge in [-0.2, -0.15) is 5.10 Å². The van der Waals surface area contributed by atoms with E-state index < -0.39 is 0 Å². The van der Waals surface area contributed by atoms with Crippen LogP contribution in [-0.2, 0) is 6.42 Å². The summed E-state index contributed by atoms with van der Waals surface area (Å²) in [6, 6.07) is 19.3. The molecule has 0 N–H and O–H groups in total. The molecule has 0 amide bonds. The maximum atomic E-state index is 13.8. The monoisotopic (exact) mass is 336 g/mol. The van der Waals surface area contributed by atoms with E-state index in [1.807, 2.05) is 28.9 Å². The van der Waals surface area contributed by atoms with Crippen LogP contribution in [0.5, 0.6) is 0 Å². The lowest BCUT2D eigenvalue weighted by Gasteiger charge is -2.17. The number of hydrogen-bond donors (Lipinski definition) is 0. The zero-order valence-corrected chi connectivity index (χ0v) is 15.0. The largest absolute Gasteiger partial charge is 0.237 e. The number of halogens is 1. The molecule has 0 aliphatic rings. The molecule has 0 radical (unpaired) electrons. The molecule has 0 saturated heterocycles. The highest BCUT2D eigenvalue weighted by molar-refractivity contribution is 5.38. The third-order valence-electron chi connectivity index (χ3n) is 4.59. The zero-order chi connectivity index (χ0) is 17.6. The lowest BCUT2D eigenvalue weighted by molar-refractivity contribution is 0.619. The highest BCUT2D eigenvalue weighted by Crippen LogP contribution is 2.31. The lowest BCUT2D eigenvalue weighted by Crippen LogP contribution is -2.08. The summed E-state index contributed by atoms with van der Waals surface area (Å²) in [7, 11) is 0. The minimum atomic E-state index is -0.187. The van der Waals surface area contributed by atoms with Crippen LogP contribution < -0.4 is 0 Å². The maximum absolute atomic E-state index is 13.8. The molecule has 1 heterocycles. The van der Waals surface area contributed by atoms with Crippen LogP contribution in [0.25, 0.3) is 5.69 Å². The van der Waals surface area contributed by atoms with E-state index in [1.165, 1.54) is 6.07 Å². The van der Waals surface area contributed by atoms with Crippen molar-refractivity contribution >= 4 is 0 Å². The quantitative estimate of drug-likeness (QED) is 0.525. The standard InChI is InChI=1S/C22H25FN2/c1-3-5-12-19-16-22(25(24-19)20-13-7-6-8-14-20)21(4-2)17-10-9-11-18(23)15-17/h6-11,13-16,21H,3-5,12H2,1-2H3. The van der Waals surface area contributed by atoms with Gasteiger partial charge >= 0.3 is 0 Å². The van der Waals surface area contributed by atoms with Crippen molar-refractivity contribution in [3.8, 4) is 5.69 Å². The van der Waals surface area contributed by atoms with Crippen LogP contribution in [0.2, 0.25) is 0 Å². The Labute approximate surface area is 149 Å². The first kappa shape index (κ1) is 17.4. The van der Waals surface area contributed by atoms with Gasteiger partial charge in [-0.05, 0) is 55.2 Å². The molecule has 0 spiro atoms. The van der Waals surface area contributed by atoms with Crippen molar-refractivity contribution in [1.82, 2.24) is 9.78 Å². The Kier molecular flexibility index (Phi) is 5.64. The number of aryl methyl sites for hydroxylation is 1. The maximum Gasteiger partial charge on any atom is 0.123 e. The number of aromatic nitrogens is 2. The van der Waals surface area contributed by atoms with Gasteiger partial charge in [-0.25, -0.2) is 9.07 Å². The lowest BCUT2D eigenvalue weighted by atomic mass is 9.92. The molecule has 0 aliphatic heterocycles. The van der Waals surface area contributed by atoms with Crippen molar-refractivity contribution in [2.45, 2.75) is 45.4 Å². The smallest absolute Gasteiger partial charge is 0.123 e. The van der Waals surface area contributed by atoms with Crippen molar-refractivity contribution in [3.05, 3.63) is 83.4 Å². The van der Waals surface area contributed by atoms with Crippen LogP contribution in [0, 0.1) is 5.82 Å². The molecular weight excluding hydrogens is 311 g/mol. The molecule has 1 aromatic heterocycles. The molecule has 0 aliphatic carbocycles. The third-order valence-corrected chi connectivity index (χ3v) is 4.59. The van der Waals surface area contributed by atoms with E-state index in [4.69, 9.17) is 5.10 Å². The van der Waals surface area contributed by atoms with Crippen molar-refractivity contribution in [2.24, 2.45) is 0 Å². The minimum Gasteiger partial charge on any atom is -0.237 e. The second-order valence-electron chi connectivity index (χ2n) is 6.43. The molecule has 3 aromatic rings. The van der Waals surface area contributed by atoms with Crippen LogP contribution in [0.3, 0.4) is 0 Å². The van der Waals surface area contributed by atoms with E-state index in [1.54, 1.807) is 12.1 Å². The van der Waals surface area contributed by atoms with E-state index >= 15 is 0 Å². The topological polar surface area (TPSA) is 17.8 Å². The second-order valence-corrected chi connectivity index (χ2v) is 6.43.